The van der Waals surface area contributed by atoms with E-state index >= 15 is 0 Å². The number of amides is 1. The summed E-state index contributed by atoms with van der Waals surface area (Å²) in [7, 11) is 3.24. The van der Waals surface area contributed by atoms with Crippen molar-refractivity contribution < 1.29 is 13.9 Å². The summed E-state index contributed by atoms with van der Waals surface area (Å²) < 4.78 is 18.9. The number of nitrogens with two attached hydrogens (primary N) is 1. The average molecular weight is 254 g/mol. The molecule has 1 aromatic carbocycles. The Morgan fingerprint density at radius 2 is 2.17 bits per heavy atom. The summed E-state index contributed by atoms with van der Waals surface area (Å²) in [5.74, 6) is -0.574. The van der Waals surface area contributed by atoms with Gasteiger partial charge in [-0.15, -0.1) is 0 Å². The van der Waals surface area contributed by atoms with Crippen LogP contribution in [0.4, 0.5) is 4.39 Å². The first-order chi connectivity index (χ1) is 8.41. The molecule has 1 amide bonds. The molecule has 18 heavy (non-hydrogen) atoms. The molecule has 1 rings (SSSR count). The maximum Gasteiger partial charge on any atom is 0.259 e. The van der Waals surface area contributed by atoms with Crippen LogP contribution in [0, 0.1) is 5.82 Å². The molecule has 0 spiro atoms. The van der Waals surface area contributed by atoms with Gasteiger partial charge in [0.15, 0.2) is 18.2 Å². The first kappa shape index (κ1) is 14.4. The average Bonchev–Trinajstić information content (AvgIpc) is 2.27. The first-order valence-corrected chi connectivity index (χ1v) is 5.77. The molecule has 0 fully saturated rings. The molecule has 0 radical (unpaired) electrons. The maximum atomic E-state index is 13.7. The van der Waals surface area contributed by atoms with Gasteiger partial charge in [-0.25, -0.2) is 4.39 Å². The van der Waals surface area contributed by atoms with Gasteiger partial charge >= 0.3 is 0 Å². The van der Waals surface area contributed by atoms with Crippen LogP contribution < -0.4 is 10.5 Å². The Balaban J connectivity index is 2.82. The summed E-state index contributed by atoms with van der Waals surface area (Å²) in [4.78, 5) is 12.8. The molecule has 0 heterocycles. The molecule has 1 unspecified atom stereocenters. The summed E-state index contributed by atoms with van der Waals surface area (Å²) in [5, 5.41) is 0. The van der Waals surface area contributed by atoms with Gasteiger partial charge in [0.1, 0.15) is 0 Å². The van der Waals surface area contributed by atoms with Crippen molar-refractivity contribution in [3.05, 3.63) is 29.6 Å². The van der Waals surface area contributed by atoms with Crippen LogP contribution in [0.1, 0.15) is 12.5 Å². The second-order valence-corrected chi connectivity index (χ2v) is 4.49. The molecule has 1 atom stereocenters. The Hall–Kier alpha value is -1.62. The highest BCUT2D eigenvalue weighted by Crippen LogP contribution is 2.23. The zero-order chi connectivity index (χ0) is 13.7. The number of carbonyl (C=O) groups excluding carboxylic acids is 1. The summed E-state index contributed by atoms with van der Waals surface area (Å²) in [5.41, 5.74) is 6.37. The molecule has 4 nitrogen and oxygen atoms in total. The predicted octanol–water partition coefficient (Wildman–Crippen LogP) is 1.18. The molecule has 100 valence electrons. The quantitative estimate of drug-likeness (QED) is 0.858. The molecule has 0 saturated carbocycles. The molecule has 2 N–H and O–H groups in total. The van der Waals surface area contributed by atoms with Gasteiger partial charge in [0.2, 0.25) is 0 Å². The monoisotopic (exact) mass is 254 g/mol. The van der Waals surface area contributed by atoms with Crippen molar-refractivity contribution in [1.82, 2.24) is 4.90 Å². The molecule has 1 aromatic rings. The number of hydrogen-bond donors (Lipinski definition) is 1. The fourth-order valence-electron chi connectivity index (χ4n) is 1.49. The third-order valence-corrected chi connectivity index (χ3v) is 2.43. The van der Waals surface area contributed by atoms with Gasteiger partial charge < -0.3 is 15.4 Å². The van der Waals surface area contributed by atoms with Gasteiger partial charge in [-0.2, -0.15) is 0 Å². The zero-order valence-corrected chi connectivity index (χ0v) is 10.9. The van der Waals surface area contributed by atoms with Crippen molar-refractivity contribution in [3.8, 4) is 5.75 Å². The highest BCUT2D eigenvalue weighted by atomic mass is 19.1. The van der Waals surface area contributed by atoms with Crippen LogP contribution in [0.3, 0.4) is 0 Å². The molecule has 5 heteroatoms. The van der Waals surface area contributed by atoms with Crippen LogP contribution in [0.25, 0.3) is 0 Å². The third kappa shape index (κ3) is 4.00. The van der Waals surface area contributed by atoms with E-state index in [1.807, 2.05) is 6.92 Å². The highest BCUT2D eigenvalue weighted by Gasteiger charge is 2.13. The number of likely N-dealkylation sites (N-methyl/N-ethyl adjacent to an activating group) is 1. The Labute approximate surface area is 107 Å². The second-order valence-electron chi connectivity index (χ2n) is 4.49. The Kier molecular flexibility index (Phi) is 5.09. The third-order valence-electron chi connectivity index (χ3n) is 2.43. The van der Waals surface area contributed by atoms with Crippen molar-refractivity contribution in [1.29, 1.82) is 0 Å². The number of rotatable bonds is 5. The normalized spacial score (nSPS) is 12.1. The van der Waals surface area contributed by atoms with Crippen molar-refractivity contribution in [3.63, 3.8) is 0 Å². The van der Waals surface area contributed by atoms with E-state index in [0.717, 1.165) is 0 Å². The summed E-state index contributed by atoms with van der Waals surface area (Å²) in [6.07, 6.45) is 0.503. The first-order valence-electron chi connectivity index (χ1n) is 5.77. The smallest absolute Gasteiger partial charge is 0.259 e. The lowest BCUT2D eigenvalue weighted by atomic mass is 10.1. The maximum absolute atomic E-state index is 13.7. The van der Waals surface area contributed by atoms with Crippen molar-refractivity contribution in [2.75, 3.05) is 20.7 Å². The van der Waals surface area contributed by atoms with Crippen molar-refractivity contribution in [2.45, 2.75) is 19.4 Å². The van der Waals surface area contributed by atoms with Gasteiger partial charge in [0, 0.05) is 20.1 Å². The number of hydrogen-bond acceptors (Lipinski definition) is 3. The lowest BCUT2D eigenvalue weighted by molar-refractivity contribution is -0.130. The predicted molar refractivity (Wildman–Crippen MR) is 67.9 cm³/mol. The minimum Gasteiger partial charge on any atom is -0.480 e. The van der Waals surface area contributed by atoms with Gasteiger partial charge in [-0.05, 0) is 25.0 Å². The lowest BCUT2D eigenvalue weighted by Gasteiger charge is -2.15. The van der Waals surface area contributed by atoms with Crippen LogP contribution in [-0.4, -0.2) is 37.6 Å². The SMILES string of the molecule is CC(N)Cc1cccc(F)c1OCC(=O)N(C)C. The molecule has 0 aromatic heterocycles. The van der Waals surface area contributed by atoms with E-state index in [0.29, 0.717) is 12.0 Å². The second kappa shape index (κ2) is 6.35. The number of ether oxygens (including phenoxy) is 1. The van der Waals surface area contributed by atoms with E-state index in [-0.39, 0.29) is 24.3 Å². The molecule has 0 aliphatic heterocycles. The number of halogens is 1. The Morgan fingerprint density at radius 3 is 2.72 bits per heavy atom. The van der Waals surface area contributed by atoms with Crippen LogP contribution in [0.15, 0.2) is 18.2 Å². The van der Waals surface area contributed by atoms with Crippen LogP contribution in [0.2, 0.25) is 0 Å². The Morgan fingerprint density at radius 1 is 1.50 bits per heavy atom. The summed E-state index contributed by atoms with van der Waals surface area (Å²) in [6.45, 7) is 1.65. The largest absolute Gasteiger partial charge is 0.480 e. The van der Waals surface area contributed by atoms with Gasteiger partial charge in [-0.3, -0.25) is 4.79 Å². The topological polar surface area (TPSA) is 55.6 Å². The van der Waals surface area contributed by atoms with Crippen molar-refractivity contribution >= 4 is 5.91 Å². The highest BCUT2D eigenvalue weighted by molar-refractivity contribution is 5.77. The molecule has 0 aliphatic rings. The van der Waals surface area contributed by atoms with Gasteiger partial charge in [0.25, 0.3) is 5.91 Å². The van der Waals surface area contributed by atoms with Crippen LogP contribution in [0.5, 0.6) is 5.75 Å². The van der Waals surface area contributed by atoms with E-state index < -0.39 is 5.82 Å². The molecular weight excluding hydrogens is 235 g/mol. The van der Waals surface area contributed by atoms with E-state index in [1.165, 1.54) is 11.0 Å². The summed E-state index contributed by atoms with van der Waals surface area (Å²) >= 11 is 0. The van der Waals surface area contributed by atoms with Crippen LogP contribution in [-0.2, 0) is 11.2 Å². The fourth-order valence-corrected chi connectivity index (χ4v) is 1.49. The standard InChI is InChI=1S/C13H19FN2O2/c1-9(15)7-10-5-4-6-11(14)13(10)18-8-12(17)16(2)3/h4-6,9H,7-8,15H2,1-3H3. The molecule has 0 bridgehead atoms. The lowest BCUT2D eigenvalue weighted by Crippen LogP contribution is -2.28. The van der Waals surface area contributed by atoms with Gasteiger partial charge in [0.05, 0.1) is 0 Å². The van der Waals surface area contributed by atoms with E-state index in [1.54, 1.807) is 26.2 Å². The minimum absolute atomic E-state index is 0.0984. The van der Waals surface area contributed by atoms with Gasteiger partial charge in [-0.1, -0.05) is 12.1 Å². The zero-order valence-electron chi connectivity index (χ0n) is 10.9. The van der Waals surface area contributed by atoms with Crippen molar-refractivity contribution in [2.24, 2.45) is 5.73 Å². The molecular formula is C13H19FN2O2. The van der Waals surface area contributed by atoms with Crippen LogP contribution >= 0.6 is 0 Å². The number of para-hydroxylation sites is 1. The van der Waals surface area contributed by atoms with E-state index in [4.69, 9.17) is 10.5 Å². The van der Waals surface area contributed by atoms with E-state index in [9.17, 15) is 9.18 Å². The van der Waals surface area contributed by atoms with E-state index in [2.05, 4.69) is 0 Å². The molecule has 0 aliphatic carbocycles. The number of carbonyl (C=O) groups is 1. The minimum atomic E-state index is -0.472. The number of nitrogens with zero attached hydrogens (tertiary/aromatic N) is 1. The fraction of sp³-hybridized carbons (Fsp3) is 0.462. The number of benzene rings is 1. The summed E-state index contributed by atoms with van der Waals surface area (Å²) in [6, 6.07) is 4.56. The molecule has 0 saturated heterocycles. The Bertz CT molecular complexity index is 419.